The van der Waals surface area contributed by atoms with Crippen molar-refractivity contribution in [2.24, 2.45) is 5.73 Å². The summed E-state index contributed by atoms with van der Waals surface area (Å²) < 4.78 is 0. The maximum Gasteiger partial charge on any atom is 0.329 e. The minimum Gasteiger partial charge on any atom is -0.480 e. The van der Waals surface area contributed by atoms with Gasteiger partial charge in [0.15, 0.2) is 11.5 Å². The van der Waals surface area contributed by atoms with E-state index in [2.05, 4.69) is 10.2 Å². The smallest absolute Gasteiger partial charge is 0.329 e. The van der Waals surface area contributed by atoms with Crippen LogP contribution in [0.3, 0.4) is 0 Å². The van der Waals surface area contributed by atoms with E-state index in [1.54, 1.807) is 18.7 Å². The first-order valence-corrected chi connectivity index (χ1v) is 5.45. The van der Waals surface area contributed by atoms with Crippen molar-refractivity contribution in [1.82, 2.24) is 10.2 Å². The number of carbonyl (C=O) groups is 2. The molecule has 0 unspecified atom stereocenters. The number of carboxylic acid groups (broad SMARTS) is 1. The Morgan fingerprint density at radius 1 is 1.39 bits per heavy atom. The maximum atomic E-state index is 11.2. The summed E-state index contributed by atoms with van der Waals surface area (Å²) in [5, 5.41) is 16.7. The Labute approximate surface area is 105 Å². The van der Waals surface area contributed by atoms with E-state index in [1.165, 1.54) is 12.1 Å². The molecule has 1 rings (SSSR count). The maximum absolute atomic E-state index is 11.2. The normalized spacial score (nSPS) is 11.1. The van der Waals surface area contributed by atoms with Crippen molar-refractivity contribution in [3.63, 3.8) is 0 Å². The molecule has 1 aromatic heterocycles. The molecule has 0 saturated carbocycles. The molecule has 0 atom stereocenters. The Bertz CT molecular complexity index is 456. The van der Waals surface area contributed by atoms with Gasteiger partial charge in [0.2, 0.25) is 0 Å². The summed E-state index contributed by atoms with van der Waals surface area (Å²) in [6, 6.07) is 2.95. The second-order valence-electron chi connectivity index (χ2n) is 4.25. The Kier molecular flexibility index (Phi) is 3.85. The monoisotopic (exact) mass is 252 g/mol. The molecule has 7 nitrogen and oxygen atoms in total. The molecule has 7 heteroatoms. The average Bonchev–Trinajstić information content (AvgIpc) is 2.30. The predicted octanol–water partition coefficient (Wildman–Crippen LogP) is 0.265. The van der Waals surface area contributed by atoms with Gasteiger partial charge in [0, 0.05) is 6.54 Å². The van der Waals surface area contributed by atoms with E-state index in [9.17, 15) is 14.7 Å². The van der Waals surface area contributed by atoms with E-state index in [0.717, 1.165) is 0 Å². The van der Waals surface area contributed by atoms with Crippen molar-refractivity contribution in [3.05, 3.63) is 17.8 Å². The number of nitrogens with zero attached hydrogens (tertiary/aromatic N) is 3. The first-order chi connectivity index (χ1) is 8.30. The molecule has 1 heterocycles. The van der Waals surface area contributed by atoms with E-state index in [-0.39, 0.29) is 5.69 Å². The van der Waals surface area contributed by atoms with Crippen LogP contribution in [0.15, 0.2) is 12.1 Å². The minimum atomic E-state index is -1.11. The topological polar surface area (TPSA) is 109 Å². The Hall–Kier alpha value is -2.18. The number of rotatable bonds is 5. The molecule has 0 aliphatic heterocycles. The van der Waals surface area contributed by atoms with E-state index in [1.807, 2.05) is 6.92 Å². The molecular formula is C11H16N4O3. The van der Waals surface area contributed by atoms with Crippen LogP contribution >= 0.6 is 0 Å². The Balaban J connectivity index is 3.10. The van der Waals surface area contributed by atoms with Gasteiger partial charge in [0.1, 0.15) is 5.54 Å². The van der Waals surface area contributed by atoms with E-state index < -0.39 is 17.4 Å². The highest BCUT2D eigenvalue weighted by Gasteiger charge is 2.34. The van der Waals surface area contributed by atoms with Gasteiger partial charge in [-0.1, -0.05) is 0 Å². The molecule has 0 saturated heterocycles. The van der Waals surface area contributed by atoms with Crippen molar-refractivity contribution in [2.75, 3.05) is 11.4 Å². The van der Waals surface area contributed by atoms with Crippen LogP contribution in [0.2, 0.25) is 0 Å². The van der Waals surface area contributed by atoms with Crippen LogP contribution in [0, 0.1) is 0 Å². The van der Waals surface area contributed by atoms with Gasteiger partial charge in [0.25, 0.3) is 5.91 Å². The van der Waals surface area contributed by atoms with E-state index in [0.29, 0.717) is 12.4 Å². The van der Waals surface area contributed by atoms with Crippen molar-refractivity contribution in [1.29, 1.82) is 0 Å². The van der Waals surface area contributed by atoms with E-state index >= 15 is 0 Å². The summed E-state index contributed by atoms with van der Waals surface area (Å²) in [4.78, 5) is 23.7. The SMILES string of the molecule is CCN(c1ccc(C(N)=O)nn1)C(C)(C)C(=O)O. The zero-order chi connectivity index (χ0) is 13.9. The number of nitrogens with two attached hydrogens (primary N) is 1. The number of carboxylic acids is 1. The molecule has 0 fully saturated rings. The summed E-state index contributed by atoms with van der Waals surface area (Å²) in [7, 11) is 0. The van der Waals surface area contributed by atoms with Gasteiger partial charge < -0.3 is 15.7 Å². The van der Waals surface area contributed by atoms with Gasteiger partial charge in [-0.05, 0) is 32.9 Å². The van der Waals surface area contributed by atoms with Crippen LogP contribution in [0.25, 0.3) is 0 Å². The fraction of sp³-hybridized carbons (Fsp3) is 0.455. The molecule has 0 aromatic carbocycles. The molecule has 0 bridgehead atoms. The lowest BCUT2D eigenvalue weighted by Crippen LogP contribution is -2.50. The number of aromatic nitrogens is 2. The standard InChI is InChI=1S/C11H16N4O3/c1-4-15(11(2,3)10(17)18)8-6-5-7(9(12)16)13-14-8/h5-6H,4H2,1-3H3,(H2,12,16)(H,17,18). The third kappa shape index (κ3) is 2.55. The molecule has 1 aromatic rings. The van der Waals surface area contributed by atoms with Crippen molar-refractivity contribution >= 4 is 17.7 Å². The molecule has 0 aliphatic carbocycles. The number of amides is 1. The lowest BCUT2D eigenvalue weighted by Gasteiger charge is -2.34. The number of primary amides is 1. The Morgan fingerprint density at radius 2 is 2.00 bits per heavy atom. The highest BCUT2D eigenvalue weighted by atomic mass is 16.4. The number of hydrogen-bond donors (Lipinski definition) is 2. The largest absolute Gasteiger partial charge is 0.480 e. The number of aliphatic carboxylic acids is 1. The lowest BCUT2D eigenvalue weighted by molar-refractivity contribution is -0.142. The summed E-state index contributed by atoms with van der Waals surface area (Å²) in [6.07, 6.45) is 0. The predicted molar refractivity (Wildman–Crippen MR) is 65.3 cm³/mol. The second-order valence-corrected chi connectivity index (χ2v) is 4.25. The lowest BCUT2D eigenvalue weighted by atomic mass is 10.0. The van der Waals surface area contributed by atoms with Crippen LogP contribution in [-0.4, -0.2) is 39.3 Å². The van der Waals surface area contributed by atoms with Gasteiger partial charge in [-0.15, -0.1) is 10.2 Å². The number of anilines is 1. The molecule has 1 amide bonds. The van der Waals surface area contributed by atoms with Crippen molar-refractivity contribution < 1.29 is 14.7 Å². The van der Waals surface area contributed by atoms with Crippen LogP contribution in [-0.2, 0) is 4.79 Å². The summed E-state index contributed by atoms with van der Waals surface area (Å²) in [5.74, 6) is -1.25. The minimum absolute atomic E-state index is 0.0444. The average molecular weight is 252 g/mol. The number of likely N-dealkylation sites (N-methyl/N-ethyl adjacent to an activating group) is 1. The van der Waals surface area contributed by atoms with Crippen molar-refractivity contribution in [3.8, 4) is 0 Å². The van der Waals surface area contributed by atoms with Crippen LogP contribution in [0.5, 0.6) is 0 Å². The zero-order valence-corrected chi connectivity index (χ0v) is 10.5. The third-order valence-electron chi connectivity index (χ3n) is 2.69. The van der Waals surface area contributed by atoms with E-state index in [4.69, 9.17) is 5.73 Å². The van der Waals surface area contributed by atoms with Crippen LogP contribution in [0.4, 0.5) is 5.82 Å². The first kappa shape index (κ1) is 13.9. The highest BCUT2D eigenvalue weighted by Crippen LogP contribution is 2.21. The summed E-state index contributed by atoms with van der Waals surface area (Å²) in [6.45, 7) is 5.41. The molecule has 98 valence electrons. The number of hydrogen-bond acceptors (Lipinski definition) is 5. The first-order valence-electron chi connectivity index (χ1n) is 5.45. The molecule has 0 radical (unpaired) electrons. The van der Waals surface area contributed by atoms with Gasteiger partial charge in [-0.2, -0.15) is 0 Å². The van der Waals surface area contributed by atoms with Crippen LogP contribution in [0.1, 0.15) is 31.3 Å². The van der Waals surface area contributed by atoms with Gasteiger partial charge in [-0.25, -0.2) is 4.79 Å². The third-order valence-corrected chi connectivity index (χ3v) is 2.69. The van der Waals surface area contributed by atoms with Gasteiger partial charge in [0.05, 0.1) is 0 Å². The molecule has 18 heavy (non-hydrogen) atoms. The molecule has 0 aliphatic rings. The fourth-order valence-electron chi connectivity index (χ4n) is 1.56. The summed E-state index contributed by atoms with van der Waals surface area (Å²) >= 11 is 0. The highest BCUT2D eigenvalue weighted by molar-refractivity contribution is 5.90. The Morgan fingerprint density at radius 3 is 2.33 bits per heavy atom. The molecular weight excluding hydrogens is 236 g/mol. The fourth-order valence-corrected chi connectivity index (χ4v) is 1.56. The van der Waals surface area contributed by atoms with Crippen molar-refractivity contribution in [2.45, 2.75) is 26.3 Å². The molecule has 0 spiro atoms. The van der Waals surface area contributed by atoms with Gasteiger partial charge >= 0.3 is 5.97 Å². The van der Waals surface area contributed by atoms with Crippen LogP contribution < -0.4 is 10.6 Å². The van der Waals surface area contributed by atoms with Gasteiger partial charge in [-0.3, -0.25) is 4.79 Å². The zero-order valence-electron chi connectivity index (χ0n) is 10.5. The molecule has 3 N–H and O–H groups in total. The quantitative estimate of drug-likeness (QED) is 0.778. The summed E-state index contributed by atoms with van der Waals surface area (Å²) in [5.41, 5.74) is 3.99. The number of carbonyl (C=O) groups excluding carboxylic acids is 1. The second kappa shape index (κ2) is 4.99.